The smallest absolute Gasteiger partial charge is 0.256 e. The van der Waals surface area contributed by atoms with E-state index in [0.29, 0.717) is 30.9 Å². The summed E-state index contributed by atoms with van der Waals surface area (Å²) < 4.78 is 27.7. The van der Waals surface area contributed by atoms with Gasteiger partial charge in [-0.15, -0.1) is 0 Å². The molecule has 0 aliphatic carbocycles. The van der Waals surface area contributed by atoms with Crippen molar-refractivity contribution in [3.05, 3.63) is 64.2 Å². The van der Waals surface area contributed by atoms with Gasteiger partial charge in [0.15, 0.2) is 0 Å². The lowest BCUT2D eigenvalue weighted by molar-refractivity contribution is -0.145. The highest BCUT2D eigenvalue weighted by Crippen LogP contribution is 2.26. The molecule has 0 saturated carbocycles. The van der Waals surface area contributed by atoms with Crippen molar-refractivity contribution in [2.45, 2.75) is 53.6 Å². The molecule has 1 heterocycles. The number of unbranched alkanes of at least 4 members (excludes halogenated alkanes) is 2. The van der Waals surface area contributed by atoms with E-state index in [1.165, 1.54) is 29.3 Å². The van der Waals surface area contributed by atoms with Gasteiger partial charge >= 0.3 is 0 Å². The fourth-order valence-corrected chi connectivity index (χ4v) is 4.13. The predicted octanol–water partition coefficient (Wildman–Crippen LogP) is 4.28. The van der Waals surface area contributed by atoms with Crippen molar-refractivity contribution in [2.24, 2.45) is 0 Å². The van der Waals surface area contributed by atoms with Gasteiger partial charge in [0.25, 0.3) is 5.91 Å². The molecule has 0 fully saturated rings. The van der Waals surface area contributed by atoms with Gasteiger partial charge in [-0.25, -0.2) is 13.8 Å². The number of nitrogens with zero attached hydrogens (tertiary/aromatic N) is 4. The fourth-order valence-electron chi connectivity index (χ4n) is 4.13. The Kier molecular flexibility index (Phi) is 10.4. The Hall–Kier alpha value is -3.51. The number of hydrogen-bond donors (Lipinski definition) is 1. The van der Waals surface area contributed by atoms with Gasteiger partial charge in [-0.1, -0.05) is 33.3 Å². The summed E-state index contributed by atoms with van der Waals surface area (Å²) in [6, 6.07) is 9.00. The maximum Gasteiger partial charge on any atom is 0.256 e. The van der Waals surface area contributed by atoms with Crippen LogP contribution in [0.5, 0.6) is 0 Å². The molecular weight excluding hydrogens is 464 g/mol. The van der Waals surface area contributed by atoms with Crippen LogP contribution in [0.1, 0.15) is 55.9 Å². The second kappa shape index (κ2) is 13.0. The second-order valence-corrected chi connectivity index (χ2v) is 8.80. The number of carbonyl (C=O) groups is 2. The summed E-state index contributed by atoms with van der Waals surface area (Å²) in [5.74, 6) is -1.53. The zero-order chi connectivity index (χ0) is 25.5. The third-order valence-electron chi connectivity index (χ3n) is 6.17. The number of likely N-dealkylation sites (N-methyl/N-ethyl adjacent to an activating group) is 1. The van der Waals surface area contributed by atoms with Crippen molar-refractivity contribution >= 4 is 17.5 Å². The zero-order valence-corrected chi connectivity index (χ0v) is 20.4. The van der Waals surface area contributed by atoms with Gasteiger partial charge in [-0.05, 0) is 54.3 Å². The molecule has 36 heavy (non-hydrogen) atoms. The molecule has 0 spiro atoms. The highest BCUT2D eigenvalue weighted by molar-refractivity contribution is 5.86. The first-order valence-corrected chi connectivity index (χ1v) is 11.7. The number of aryl methyl sites for hydroxylation is 1. The number of amides is 2. The normalized spacial score (nSPS) is 12.3. The van der Waals surface area contributed by atoms with Crippen LogP contribution >= 0.6 is 0 Å². The highest BCUT2D eigenvalue weighted by atomic mass is 19.1. The monoisotopic (exact) mass is 499 g/mol. The van der Waals surface area contributed by atoms with Crippen molar-refractivity contribution in [1.29, 1.82) is 5.26 Å². The number of hydrogen-bond acceptors (Lipinski definition) is 5. The minimum absolute atomic E-state index is 0. The molecule has 7 nitrogen and oxygen atoms in total. The van der Waals surface area contributed by atoms with Gasteiger partial charge in [0.05, 0.1) is 18.7 Å². The number of nitrogens with one attached hydrogen (secondary N) is 1. The first-order chi connectivity index (χ1) is 16.7. The molecule has 194 valence electrons. The van der Waals surface area contributed by atoms with Crippen molar-refractivity contribution in [2.75, 3.05) is 31.6 Å². The number of nitriles is 1. The number of benzene rings is 2. The number of anilines is 1. The lowest BCUT2D eigenvalue weighted by Gasteiger charge is -2.32. The largest absolute Gasteiger partial charge is 0.355 e. The van der Waals surface area contributed by atoms with Crippen molar-refractivity contribution in [3.63, 3.8) is 0 Å². The standard InChI is InChI=1S/C26H31F2N5O2.CH4/c1-4-5-6-9-30-25(34)16-32(24-12-20(13-29)23(28)10-18(24)2)17-26(35)31(3)33-14-19-7-8-22(27)11-21(19)15-33;/h7-8,10-12H,4-6,9,14-17H2,1-3H3,(H,30,34);1H4. The molecule has 9 heteroatoms. The van der Waals surface area contributed by atoms with Crippen LogP contribution in [-0.2, 0) is 22.7 Å². The molecule has 3 rings (SSSR count). The number of hydrazine groups is 1. The Morgan fingerprint density at radius 1 is 1.11 bits per heavy atom. The van der Waals surface area contributed by atoms with Gasteiger partial charge in [-0.3, -0.25) is 14.6 Å². The summed E-state index contributed by atoms with van der Waals surface area (Å²) in [5, 5.41) is 15.4. The van der Waals surface area contributed by atoms with E-state index in [1.54, 1.807) is 29.9 Å². The number of fused-ring (bicyclic) bond motifs is 1. The summed E-state index contributed by atoms with van der Waals surface area (Å²) in [4.78, 5) is 27.5. The van der Waals surface area contributed by atoms with Gasteiger partial charge < -0.3 is 10.2 Å². The van der Waals surface area contributed by atoms with Gasteiger partial charge in [-0.2, -0.15) is 5.26 Å². The number of halogens is 2. The average molecular weight is 500 g/mol. The molecule has 0 radical (unpaired) electrons. The number of carbonyl (C=O) groups excluding carboxylic acids is 2. The lowest BCUT2D eigenvalue weighted by atomic mass is 10.1. The van der Waals surface area contributed by atoms with E-state index in [-0.39, 0.29) is 43.7 Å². The Labute approximate surface area is 212 Å². The quantitative estimate of drug-likeness (QED) is 0.494. The van der Waals surface area contributed by atoms with Crippen LogP contribution in [0.15, 0.2) is 30.3 Å². The van der Waals surface area contributed by atoms with E-state index in [2.05, 4.69) is 12.2 Å². The second-order valence-electron chi connectivity index (χ2n) is 8.80. The van der Waals surface area contributed by atoms with Crippen LogP contribution < -0.4 is 10.2 Å². The Morgan fingerprint density at radius 3 is 2.53 bits per heavy atom. The van der Waals surface area contributed by atoms with E-state index in [1.807, 2.05) is 6.07 Å². The molecule has 2 aromatic carbocycles. The summed E-state index contributed by atoms with van der Waals surface area (Å²) >= 11 is 0. The molecular formula is C27H35F2N5O2. The zero-order valence-electron chi connectivity index (χ0n) is 20.4. The Morgan fingerprint density at radius 2 is 1.83 bits per heavy atom. The molecule has 0 saturated heterocycles. The summed E-state index contributed by atoms with van der Waals surface area (Å²) in [6.45, 7) is 4.86. The van der Waals surface area contributed by atoms with Crippen LogP contribution in [0.25, 0.3) is 0 Å². The molecule has 1 aliphatic heterocycles. The third kappa shape index (κ3) is 7.01. The van der Waals surface area contributed by atoms with Crippen molar-refractivity contribution in [3.8, 4) is 6.07 Å². The highest BCUT2D eigenvalue weighted by Gasteiger charge is 2.27. The third-order valence-corrected chi connectivity index (χ3v) is 6.17. The van der Waals surface area contributed by atoms with Crippen LogP contribution in [-0.4, -0.2) is 48.5 Å². The van der Waals surface area contributed by atoms with E-state index in [4.69, 9.17) is 0 Å². The first kappa shape index (κ1) is 28.7. The first-order valence-electron chi connectivity index (χ1n) is 11.7. The van der Waals surface area contributed by atoms with E-state index in [0.717, 1.165) is 30.4 Å². The van der Waals surface area contributed by atoms with E-state index in [9.17, 15) is 23.6 Å². The van der Waals surface area contributed by atoms with Gasteiger partial charge in [0, 0.05) is 32.4 Å². The molecule has 2 amide bonds. The lowest BCUT2D eigenvalue weighted by Crippen LogP contribution is -2.48. The molecule has 2 aromatic rings. The minimum atomic E-state index is -0.650. The topological polar surface area (TPSA) is 79.7 Å². The van der Waals surface area contributed by atoms with Crippen LogP contribution in [0.4, 0.5) is 14.5 Å². The molecule has 1 N–H and O–H groups in total. The fraction of sp³-hybridized carbons (Fsp3) is 0.444. The molecule has 0 aromatic heterocycles. The number of rotatable bonds is 10. The van der Waals surface area contributed by atoms with Crippen LogP contribution in [0.2, 0.25) is 0 Å². The minimum Gasteiger partial charge on any atom is -0.355 e. The SMILES string of the molecule is C.CCCCCNC(=O)CN(CC(=O)N(C)N1Cc2ccc(F)cc2C1)c1cc(C#N)c(F)cc1C. The predicted molar refractivity (Wildman–Crippen MR) is 136 cm³/mol. The molecule has 0 atom stereocenters. The van der Waals surface area contributed by atoms with Gasteiger partial charge in [0.2, 0.25) is 5.91 Å². The maximum absolute atomic E-state index is 14.1. The van der Waals surface area contributed by atoms with Crippen molar-refractivity contribution < 1.29 is 18.4 Å². The summed E-state index contributed by atoms with van der Waals surface area (Å²) in [5.41, 5.74) is 2.57. The maximum atomic E-state index is 14.1. The summed E-state index contributed by atoms with van der Waals surface area (Å²) in [6.07, 6.45) is 2.88. The molecule has 1 aliphatic rings. The molecule has 0 bridgehead atoms. The van der Waals surface area contributed by atoms with Crippen LogP contribution in [0.3, 0.4) is 0 Å². The van der Waals surface area contributed by atoms with Crippen molar-refractivity contribution in [1.82, 2.24) is 15.3 Å². The van der Waals surface area contributed by atoms with Crippen LogP contribution in [0, 0.1) is 29.9 Å². The average Bonchev–Trinajstić information content (AvgIpc) is 3.24. The summed E-state index contributed by atoms with van der Waals surface area (Å²) in [7, 11) is 1.63. The Balaban J connectivity index is 0.00000456. The van der Waals surface area contributed by atoms with E-state index < -0.39 is 5.82 Å². The Bertz CT molecular complexity index is 1130. The van der Waals surface area contributed by atoms with E-state index >= 15 is 0 Å². The molecule has 0 unspecified atom stereocenters. The van der Waals surface area contributed by atoms with Gasteiger partial charge in [0.1, 0.15) is 17.7 Å².